The lowest BCUT2D eigenvalue weighted by atomic mass is 9.97. The Morgan fingerprint density at radius 1 is 1.17 bits per heavy atom. The summed E-state index contributed by atoms with van der Waals surface area (Å²) in [5.41, 5.74) is 0.459. The number of nitrogens with one attached hydrogen (secondary N) is 1. The van der Waals surface area contributed by atoms with Crippen LogP contribution in [0.3, 0.4) is 0 Å². The monoisotopic (exact) mass is 254 g/mol. The first-order valence-electron chi connectivity index (χ1n) is 7.90. The van der Waals surface area contributed by atoms with Crippen LogP contribution in [0.4, 0.5) is 0 Å². The molecule has 2 aliphatic rings. The molecule has 1 saturated heterocycles. The van der Waals surface area contributed by atoms with E-state index < -0.39 is 0 Å². The van der Waals surface area contributed by atoms with E-state index >= 15 is 0 Å². The normalized spacial score (nSPS) is 24.5. The number of rotatable bonds is 6. The zero-order valence-corrected chi connectivity index (χ0v) is 12.0. The fraction of sp³-hybridized carbons (Fsp3) is 1.00. The number of hydrogen-bond donors (Lipinski definition) is 1. The second-order valence-electron chi connectivity index (χ2n) is 6.01. The van der Waals surface area contributed by atoms with Gasteiger partial charge in [0.05, 0.1) is 0 Å². The van der Waals surface area contributed by atoms with Crippen molar-refractivity contribution in [3.8, 4) is 0 Å². The van der Waals surface area contributed by atoms with Crippen molar-refractivity contribution in [3.63, 3.8) is 0 Å². The molecule has 0 unspecified atom stereocenters. The van der Waals surface area contributed by atoms with E-state index in [1.54, 1.807) is 0 Å². The maximum Gasteiger partial charge on any atom is 0.0478 e. The van der Waals surface area contributed by atoms with Crippen molar-refractivity contribution in [1.29, 1.82) is 0 Å². The summed E-state index contributed by atoms with van der Waals surface area (Å²) in [6, 6.07) is 0. The van der Waals surface area contributed by atoms with Crippen LogP contribution in [-0.2, 0) is 4.74 Å². The highest BCUT2D eigenvalue weighted by Gasteiger charge is 2.35. The molecule has 0 aromatic carbocycles. The Balaban J connectivity index is 1.70. The molecular formula is C15H30N2O. The molecule has 2 fully saturated rings. The average Bonchev–Trinajstić information content (AvgIpc) is 2.72. The lowest BCUT2D eigenvalue weighted by Gasteiger charge is -2.33. The van der Waals surface area contributed by atoms with Gasteiger partial charge in [0.25, 0.3) is 0 Å². The van der Waals surface area contributed by atoms with Gasteiger partial charge in [-0.1, -0.05) is 19.8 Å². The summed E-state index contributed by atoms with van der Waals surface area (Å²) in [6.45, 7) is 8.99. The predicted octanol–water partition coefficient (Wildman–Crippen LogP) is 2.41. The van der Waals surface area contributed by atoms with E-state index in [0.29, 0.717) is 5.54 Å². The summed E-state index contributed by atoms with van der Waals surface area (Å²) in [7, 11) is 0. The van der Waals surface area contributed by atoms with Gasteiger partial charge < -0.3 is 15.0 Å². The molecule has 2 rings (SSSR count). The molecule has 3 nitrogen and oxygen atoms in total. The lowest BCUT2D eigenvalue weighted by molar-refractivity contribution is 0.117. The van der Waals surface area contributed by atoms with Gasteiger partial charge in [0.15, 0.2) is 0 Å². The van der Waals surface area contributed by atoms with E-state index in [2.05, 4.69) is 17.1 Å². The molecule has 1 saturated carbocycles. The highest BCUT2D eigenvalue weighted by Crippen LogP contribution is 2.31. The molecule has 1 aliphatic carbocycles. The second kappa shape index (κ2) is 7.46. The molecule has 0 atom stereocenters. The van der Waals surface area contributed by atoms with Crippen LogP contribution in [0.1, 0.15) is 51.9 Å². The van der Waals surface area contributed by atoms with Crippen LogP contribution in [0, 0.1) is 0 Å². The molecular weight excluding hydrogens is 224 g/mol. The molecule has 0 bridgehead atoms. The Morgan fingerprint density at radius 3 is 2.78 bits per heavy atom. The first kappa shape index (κ1) is 14.3. The van der Waals surface area contributed by atoms with Crippen LogP contribution < -0.4 is 5.32 Å². The zero-order valence-electron chi connectivity index (χ0n) is 12.0. The maximum absolute atomic E-state index is 5.58. The third-order valence-corrected chi connectivity index (χ3v) is 4.35. The predicted molar refractivity (Wildman–Crippen MR) is 76.0 cm³/mol. The van der Waals surface area contributed by atoms with Gasteiger partial charge in [0.2, 0.25) is 0 Å². The Morgan fingerprint density at radius 2 is 2.00 bits per heavy atom. The average molecular weight is 254 g/mol. The lowest BCUT2D eigenvalue weighted by Crippen LogP contribution is -2.49. The summed E-state index contributed by atoms with van der Waals surface area (Å²) in [6.07, 6.45) is 9.23. The van der Waals surface area contributed by atoms with Crippen molar-refractivity contribution in [2.45, 2.75) is 57.4 Å². The summed E-state index contributed by atoms with van der Waals surface area (Å²) in [4.78, 5) is 2.67. The standard InChI is InChI=1S/C15H30N2O/c1-2-12-18-13-6-11-17-10-5-9-16-15(14-17)7-3-4-8-15/h16H,2-14H2,1H3. The minimum absolute atomic E-state index is 0.459. The highest BCUT2D eigenvalue weighted by molar-refractivity contribution is 4.96. The molecule has 1 spiro atoms. The number of nitrogens with zero attached hydrogens (tertiary/aromatic N) is 1. The van der Waals surface area contributed by atoms with Crippen molar-refractivity contribution in [3.05, 3.63) is 0 Å². The van der Waals surface area contributed by atoms with Crippen molar-refractivity contribution in [2.24, 2.45) is 0 Å². The van der Waals surface area contributed by atoms with Crippen LogP contribution >= 0.6 is 0 Å². The van der Waals surface area contributed by atoms with E-state index in [-0.39, 0.29) is 0 Å². The van der Waals surface area contributed by atoms with E-state index in [1.165, 1.54) is 64.7 Å². The van der Waals surface area contributed by atoms with Crippen LogP contribution in [-0.4, -0.2) is 49.8 Å². The first-order chi connectivity index (χ1) is 8.85. The number of ether oxygens (including phenoxy) is 1. The first-order valence-corrected chi connectivity index (χ1v) is 7.90. The van der Waals surface area contributed by atoms with Gasteiger partial charge in [-0.25, -0.2) is 0 Å². The van der Waals surface area contributed by atoms with Crippen molar-refractivity contribution in [2.75, 3.05) is 39.4 Å². The topological polar surface area (TPSA) is 24.5 Å². The van der Waals surface area contributed by atoms with Gasteiger partial charge in [0, 0.05) is 31.8 Å². The van der Waals surface area contributed by atoms with Crippen LogP contribution in [0.15, 0.2) is 0 Å². The minimum Gasteiger partial charge on any atom is -0.381 e. The Kier molecular flexibility index (Phi) is 5.93. The van der Waals surface area contributed by atoms with E-state index in [9.17, 15) is 0 Å². The maximum atomic E-state index is 5.58. The number of hydrogen-bond acceptors (Lipinski definition) is 3. The van der Waals surface area contributed by atoms with Crippen LogP contribution in [0.2, 0.25) is 0 Å². The highest BCUT2D eigenvalue weighted by atomic mass is 16.5. The van der Waals surface area contributed by atoms with Gasteiger partial charge in [-0.15, -0.1) is 0 Å². The van der Waals surface area contributed by atoms with Crippen molar-refractivity contribution >= 4 is 0 Å². The molecule has 0 aromatic rings. The fourth-order valence-electron chi connectivity index (χ4n) is 3.43. The quantitative estimate of drug-likeness (QED) is 0.737. The third kappa shape index (κ3) is 4.22. The molecule has 18 heavy (non-hydrogen) atoms. The second-order valence-corrected chi connectivity index (χ2v) is 6.01. The van der Waals surface area contributed by atoms with Gasteiger partial charge >= 0.3 is 0 Å². The van der Waals surface area contributed by atoms with Gasteiger partial charge in [-0.3, -0.25) is 0 Å². The molecule has 3 heteroatoms. The Hall–Kier alpha value is -0.120. The zero-order chi connectivity index (χ0) is 12.7. The summed E-state index contributed by atoms with van der Waals surface area (Å²) >= 11 is 0. The largest absolute Gasteiger partial charge is 0.381 e. The fourth-order valence-corrected chi connectivity index (χ4v) is 3.43. The van der Waals surface area contributed by atoms with Gasteiger partial charge in [-0.2, -0.15) is 0 Å². The van der Waals surface area contributed by atoms with Gasteiger partial charge in [0.1, 0.15) is 0 Å². The third-order valence-electron chi connectivity index (χ3n) is 4.35. The molecule has 1 N–H and O–H groups in total. The molecule has 1 aliphatic heterocycles. The molecule has 0 radical (unpaired) electrons. The summed E-state index contributed by atoms with van der Waals surface area (Å²) in [5, 5.41) is 3.82. The molecule has 0 amide bonds. The van der Waals surface area contributed by atoms with E-state index in [0.717, 1.165) is 19.6 Å². The summed E-state index contributed by atoms with van der Waals surface area (Å²) < 4.78 is 5.58. The van der Waals surface area contributed by atoms with Crippen LogP contribution in [0.25, 0.3) is 0 Å². The smallest absolute Gasteiger partial charge is 0.0478 e. The Bertz CT molecular complexity index is 227. The molecule has 106 valence electrons. The van der Waals surface area contributed by atoms with Crippen LogP contribution in [0.5, 0.6) is 0 Å². The SMILES string of the molecule is CCCOCCCN1CCCNC2(CCCC2)C1. The van der Waals surface area contributed by atoms with Crippen molar-refractivity contribution in [1.82, 2.24) is 10.2 Å². The Labute approximate surface area is 112 Å². The van der Waals surface area contributed by atoms with Gasteiger partial charge in [-0.05, 0) is 45.2 Å². The van der Waals surface area contributed by atoms with E-state index in [1.807, 2.05) is 0 Å². The summed E-state index contributed by atoms with van der Waals surface area (Å²) in [5.74, 6) is 0. The van der Waals surface area contributed by atoms with E-state index in [4.69, 9.17) is 4.74 Å². The van der Waals surface area contributed by atoms with Crippen molar-refractivity contribution < 1.29 is 4.74 Å². The molecule has 0 aromatic heterocycles. The minimum atomic E-state index is 0.459. The molecule has 1 heterocycles.